The van der Waals surface area contributed by atoms with Crippen LogP contribution in [0.1, 0.15) is 18.4 Å². The lowest BCUT2D eigenvalue weighted by Gasteiger charge is -2.26. The third-order valence-electron chi connectivity index (χ3n) is 5.77. The fourth-order valence-electron chi connectivity index (χ4n) is 4.14. The van der Waals surface area contributed by atoms with E-state index < -0.39 is 0 Å². The van der Waals surface area contributed by atoms with Gasteiger partial charge in [-0.25, -0.2) is 0 Å². The van der Waals surface area contributed by atoms with Gasteiger partial charge in [-0.05, 0) is 71.5 Å². The summed E-state index contributed by atoms with van der Waals surface area (Å²) in [4.78, 5) is 2.17. The van der Waals surface area contributed by atoms with Crippen LogP contribution in [0.4, 0.5) is 17.1 Å². The minimum atomic E-state index is 0.252. The Bertz CT molecular complexity index is 1250. The molecule has 0 aromatic heterocycles. The molecule has 156 valence electrons. The van der Waals surface area contributed by atoms with Crippen molar-refractivity contribution in [1.29, 1.82) is 0 Å². The van der Waals surface area contributed by atoms with Gasteiger partial charge in [-0.15, -0.1) is 0 Å². The highest BCUT2D eigenvalue weighted by atomic mass is 16.3. The van der Waals surface area contributed by atoms with Gasteiger partial charge in [-0.1, -0.05) is 78.9 Å². The zero-order chi connectivity index (χ0) is 21.8. The predicted molar refractivity (Wildman–Crippen MR) is 135 cm³/mol. The molecule has 1 aliphatic rings. The number of phenolic OH excluding ortho intramolecular Hbond substituents is 1. The Morgan fingerprint density at radius 1 is 0.562 bits per heavy atom. The second-order valence-corrected chi connectivity index (χ2v) is 7.95. The van der Waals surface area contributed by atoms with Crippen LogP contribution in [0, 0.1) is 0 Å². The quantitative estimate of drug-likeness (QED) is 0.354. The maximum Gasteiger partial charge on any atom is 0.117 e. The average molecular weight is 416 g/mol. The number of aromatic hydroxyl groups is 1. The van der Waals surface area contributed by atoms with E-state index in [0.717, 1.165) is 29.9 Å². The molecule has 32 heavy (non-hydrogen) atoms. The first-order valence-electron chi connectivity index (χ1n) is 11.0. The Balaban J connectivity index is 1.53. The predicted octanol–water partition coefficient (Wildman–Crippen LogP) is 8.26. The first kappa shape index (κ1) is 19.9. The van der Waals surface area contributed by atoms with E-state index in [0.29, 0.717) is 0 Å². The molecule has 0 radical (unpaired) electrons. The van der Waals surface area contributed by atoms with E-state index in [2.05, 4.69) is 95.9 Å². The van der Waals surface area contributed by atoms with Crippen molar-refractivity contribution in [3.05, 3.63) is 127 Å². The van der Waals surface area contributed by atoms with Gasteiger partial charge in [0.15, 0.2) is 0 Å². The molecular weight excluding hydrogens is 390 g/mol. The minimum absolute atomic E-state index is 0.252. The molecule has 4 aromatic carbocycles. The maximum absolute atomic E-state index is 10.1. The number of allylic oxidation sites excluding steroid dienone is 4. The summed E-state index contributed by atoms with van der Waals surface area (Å²) >= 11 is 0. The normalized spacial score (nSPS) is 12.9. The lowest BCUT2D eigenvalue weighted by Crippen LogP contribution is -2.09. The lowest BCUT2D eigenvalue weighted by molar-refractivity contribution is 0.475. The summed E-state index contributed by atoms with van der Waals surface area (Å²) in [7, 11) is 0. The molecule has 2 nitrogen and oxygen atoms in total. The Morgan fingerprint density at radius 2 is 1.22 bits per heavy atom. The number of benzene rings is 4. The van der Waals surface area contributed by atoms with Crippen molar-refractivity contribution in [3.8, 4) is 16.9 Å². The van der Waals surface area contributed by atoms with E-state index in [4.69, 9.17) is 0 Å². The Hall–Kier alpha value is -4.04. The number of hydrogen-bond donors (Lipinski definition) is 1. The molecule has 0 unspecified atom stereocenters. The van der Waals surface area contributed by atoms with Crippen LogP contribution in [0.2, 0.25) is 0 Å². The molecule has 0 aliphatic heterocycles. The highest BCUT2D eigenvalue weighted by molar-refractivity contribution is 5.81. The van der Waals surface area contributed by atoms with Crippen molar-refractivity contribution in [2.75, 3.05) is 4.90 Å². The van der Waals surface area contributed by atoms with Crippen LogP contribution in [0.15, 0.2) is 121 Å². The molecule has 4 aromatic rings. The molecule has 1 aliphatic carbocycles. The molecule has 0 spiro atoms. The number of rotatable bonds is 5. The molecule has 0 amide bonds. The lowest BCUT2D eigenvalue weighted by atomic mass is 9.99. The summed E-state index contributed by atoms with van der Waals surface area (Å²) in [6, 6.07) is 35.0. The van der Waals surface area contributed by atoms with Gasteiger partial charge in [0, 0.05) is 23.1 Å². The van der Waals surface area contributed by atoms with Crippen LogP contribution in [0.25, 0.3) is 16.7 Å². The Labute approximate surface area is 189 Å². The number of anilines is 3. The largest absolute Gasteiger partial charge is 0.508 e. The molecule has 0 fully saturated rings. The molecule has 0 atom stereocenters. The van der Waals surface area contributed by atoms with E-state index in [-0.39, 0.29) is 5.75 Å². The van der Waals surface area contributed by atoms with Gasteiger partial charge >= 0.3 is 0 Å². The van der Waals surface area contributed by atoms with E-state index in [1.165, 1.54) is 22.3 Å². The van der Waals surface area contributed by atoms with Crippen LogP contribution in [-0.2, 0) is 0 Å². The zero-order valence-corrected chi connectivity index (χ0v) is 17.9. The number of phenols is 1. The fraction of sp³-hybridized carbons (Fsp3) is 0.0667. The molecular formula is C30H25NO. The third-order valence-corrected chi connectivity index (χ3v) is 5.77. The summed E-state index contributed by atoms with van der Waals surface area (Å²) in [5.41, 5.74) is 7.88. The molecule has 0 bridgehead atoms. The van der Waals surface area contributed by atoms with Gasteiger partial charge in [0.05, 0.1) is 0 Å². The summed E-state index contributed by atoms with van der Waals surface area (Å²) in [5, 5.41) is 10.1. The molecule has 0 saturated heterocycles. The van der Waals surface area contributed by atoms with Gasteiger partial charge < -0.3 is 10.0 Å². The van der Waals surface area contributed by atoms with Crippen molar-refractivity contribution in [3.63, 3.8) is 0 Å². The highest BCUT2D eigenvalue weighted by Crippen LogP contribution is 2.37. The van der Waals surface area contributed by atoms with E-state index in [1.54, 1.807) is 12.1 Å². The van der Waals surface area contributed by atoms with Crippen molar-refractivity contribution in [2.45, 2.75) is 12.8 Å². The van der Waals surface area contributed by atoms with Crippen LogP contribution in [-0.4, -0.2) is 5.11 Å². The molecule has 5 rings (SSSR count). The third kappa shape index (κ3) is 4.21. The minimum Gasteiger partial charge on any atom is -0.508 e. The van der Waals surface area contributed by atoms with E-state index in [1.807, 2.05) is 18.2 Å². The average Bonchev–Trinajstić information content (AvgIpc) is 2.86. The monoisotopic (exact) mass is 415 g/mol. The van der Waals surface area contributed by atoms with Crippen molar-refractivity contribution in [1.82, 2.24) is 0 Å². The molecule has 0 heterocycles. The summed E-state index contributed by atoms with van der Waals surface area (Å²) in [6.45, 7) is 0. The van der Waals surface area contributed by atoms with Gasteiger partial charge in [-0.3, -0.25) is 0 Å². The molecule has 0 saturated carbocycles. The standard InChI is InChI=1S/C30H25NO/c32-30-13-7-12-29(22-30)31(27-18-14-25(15-19-27)23-8-3-1-4-9-23)28-20-16-26(17-21-28)24-10-5-2-6-11-24/h1,3-5,7-22,32H,2,6H2. The SMILES string of the molecule is Oc1cccc(N(c2ccc(C3=CCCC=C3)cc2)c2ccc(-c3ccccc3)cc2)c1. The van der Waals surface area contributed by atoms with Crippen LogP contribution in [0.5, 0.6) is 5.75 Å². The summed E-state index contributed by atoms with van der Waals surface area (Å²) in [5.74, 6) is 0.252. The van der Waals surface area contributed by atoms with Crippen molar-refractivity contribution < 1.29 is 5.11 Å². The second kappa shape index (κ2) is 8.99. The van der Waals surface area contributed by atoms with E-state index in [9.17, 15) is 5.11 Å². The van der Waals surface area contributed by atoms with Crippen LogP contribution < -0.4 is 4.90 Å². The first-order valence-corrected chi connectivity index (χ1v) is 11.0. The number of nitrogens with zero attached hydrogens (tertiary/aromatic N) is 1. The van der Waals surface area contributed by atoms with Gasteiger partial charge in [0.2, 0.25) is 0 Å². The maximum atomic E-state index is 10.1. The smallest absolute Gasteiger partial charge is 0.117 e. The first-order chi connectivity index (χ1) is 15.8. The van der Waals surface area contributed by atoms with E-state index >= 15 is 0 Å². The fourth-order valence-corrected chi connectivity index (χ4v) is 4.14. The summed E-state index contributed by atoms with van der Waals surface area (Å²) < 4.78 is 0. The van der Waals surface area contributed by atoms with Crippen molar-refractivity contribution >= 4 is 22.6 Å². The van der Waals surface area contributed by atoms with Gasteiger partial charge in [-0.2, -0.15) is 0 Å². The molecule has 1 N–H and O–H groups in total. The van der Waals surface area contributed by atoms with Crippen LogP contribution >= 0.6 is 0 Å². The zero-order valence-electron chi connectivity index (χ0n) is 17.9. The summed E-state index contributed by atoms with van der Waals surface area (Å²) in [6.07, 6.45) is 8.94. The molecule has 2 heteroatoms. The topological polar surface area (TPSA) is 23.5 Å². The van der Waals surface area contributed by atoms with Crippen LogP contribution in [0.3, 0.4) is 0 Å². The Morgan fingerprint density at radius 3 is 1.84 bits per heavy atom. The van der Waals surface area contributed by atoms with Crippen molar-refractivity contribution in [2.24, 2.45) is 0 Å². The second-order valence-electron chi connectivity index (χ2n) is 7.95. The number of hydrogen-bond acceptors (Lipinski definition) is 2. The van der Waals surface area contributed by atoms with Gasteiger partial charge in [0.25, 0.3) is 0 Å². The highest BCUT2D eigenvalue weighted by Gasteiger charge is 2.14. The van der Waals surface area contributed by atoms with Gasteiger partial charge in [0.1, 0.15) is 5.75 Å². The Kier molecular flexibility index (Phi) is 5.59.